The molecule has 21 heavy (non-hydrogen) atoms. The number of hydrogen-bond donors (Lipinski definition) is 3. The predicted molar refractivity (Wildman–Crippen MR) is 86.9 cm³/mol. The van der Waals surface area contributed by atoms with E-state index in [4.69, 9.17) is 15.9 Å². The van der Waals surface area contributed by atoms with Crippen molar-refractivity contribution >= 4 is 35.3 Å². The second-order valence-corrected chi connectivity index (χ2v) is 5.62. The molecule has 3 rings (SSSR count). The summed E-state index contributed by atoms with van der Waals surface area (Å²) in [6.45, 7) is 2.93. The van der Waals surface area contributed by atoms with Gasteiger partial charge in [-0.25, -0.2) is 4.98 Å². The molecule has 1 aliphatic rings. The molecular formula is C14H22ClN5O. The van der Waals surface area contributed by atoms with E-state index in [1.165, 1.54) is 5.56 Å². The van der Waals surface area contributed by atoms with E-state index in [1.54, 1.807) is 0 Å². The van der Waals surface area contributed by atoms with Crippen LogP contribution in [0.15, 0.2) is 4.42 Å². The average Bonchev–Trinajstić information content (AvgIpc) is 2.77. The number of rotatable bonds is 3. The fourth-order valence-corrected chi connectivity index (χ4v) is 3.23. The molecule has 0 radical (unpaired) electrons. The van der Waals surface area contributed by atoms with Crippen LogP contribution in [0, 0.1) is 5.92 Å². The van der Waals surface area contributed by atoms with Crippen molar-refractivity contribution in [1.82, 2.24) is 9.97 Å². The quantitative estimate of drug-likeness (QED) is 0.803. The van der Waals surface area contributed by atoms with Crippen molar-refractivity contribution in [1.29, 1.82) is 0 Å². The Balaban J connectivity index is 0.00000161. The fourth-order valence-electron chi connectivity index (χ4n) is 3.23. The van der Waals surface area contributed by atoms with Crippen LogP contribution in [0.2, 0.25) is 0 Å². The summed E-state index contributed by atoms with van der Waals surface area (Å²) in [5.74, 6) is 2.94. The first kappa shape index (κ1) is 15.9. The van der Waals surface area contributed by atoms with Crippen LogP contribution in [0.25, 0.3) is 11.1 Å². The van der Waals surface area contributed by atoms with E-state index >= 15 is 0 Å². The monoisotopic (exact) mass is 311 g/mol. The van der Waals surface area contributed by atoms with E-state index in [0.717, 1.165) is 30.5 Å². The number of halogens is 1. The zero-order chi connectivity index (χ0) is 14.3. The van der Waals surface area contributed by atoms with E-state index in [-0.39, 0.29) is 18.4 Å². The van der Waals surface area contributed by atoms with Crippen LogP contribution in [0.1, 0.15) is 37.0 Å². The molecule has 2 unspecified atom stereocenters. The van der Waals surface area contributed by atoms with Crippen LogP contribution in [0.3, 0.4) is 0 Å². The van der Waals surface area contributed by atoms with E-state index in [1.807, 2.05) is 7.05 Å². The van der Waals surface area contributed by atoms with Gasteiger partial charge in [0, 0.05) is 18.5 Å². The lowest BCUT2D eigenvalue weighted by molar-refractivity contribution is 0.361. The number of aromatic nitrogens is 2. The Bertz CT molecular complexity index is 642. The molecular weight excluding hydrogens is 290 g/mol. The Kier molecular flexibility index (Phi) is 4.58. The largest absolute Gasteiger partial charge is 0.455 e. The minimum atomic E-state index is 0. The summed E-state index contributed by atoms with van der Waals surface area (Å²) in [5.41, 5.74) is 14.3. The summed E-state index contributed by atoms with van der Waals surface area (Å²) >= 11 is 0. The molecule has 0 amide bonds. The number of fused-ring (bicyclic) bond motifs is 3. The van der Waals surface area contributed by atoms with E-state index < -0.39 is 0 Å². The molecule has 0 fully saturated rings. The highest BCUT2D eigenvalue weighted by molar-refractivity contribution is 5.88. The zero-order valence-electron chi connectivity index (χ0n) is 12.3. The highest BCUT2D eigenvalue weighted by Gasteiger charge is 2.31. The minimum absolute atomic E-state index is 0. The van der Waals surface area contributed by atoms with Gasteiger partial charge < -0.3 is 21.2 Å². The maximum Gasteiger partial charge on any atom is 0.222 e. The lowest BCUT2D eigenvalue weighted by atomic mass is 9.80. The van der Waals surface area contributed by atoms with E-state index in [0.29, 0.717) is 29.8 Å². The number of nitrogens with zero attached hydrogens (tertiary/aromatic N) is 2. The molecule has 2 heterocycles. The van der Waals surface area contributed by atoms with Crippen LogP contribution in [0.5, 0.6) is 0 Å². The molecule has 7 heteroatoms. The molecule has 5 N–H and O–H groups in total. The van der Waals surface area contributed by atoms with Gasteiger partial charge >= 0.3 is 0 Å². The molecule has 2 aromatic rings. The van der Waals surface area contributed by atoms with Crippen LogP contribution >= 0.6 is 12.4 Å². The van der Waals surface area contributed by atoms with Gasteiger partial charge in [-0.1, -0.05) is 6.92 Å². The van der Waals surface area contributed by atoms with Gasteiger partial charge in [0.05, 0.1) is 0 Å². The molecule has 0 aromatic carbocycles. The van der Waals surface area contributed by atoms with Crippen molar-refractivity contribution in [2.24, 2.45) is 11.7 Å². The van der Waals surface area contributed by atoms with Crippen molar-refractivity contribution in [3.63, 3.8) is 0 Å². The van der Waals surface area contributed by atoms with Crippen molar-refractivity contribution < 1.29 is 4.42 Å². The Morgan fingerprint density at radius 3 is 2.81 bits per heavy atom. The number of nitrogens with one attached hydrogen (secondary N) is 1. The Hall–Kier alpha value is -1.53. The summed E-state index contributed by atoms with van der Waals surface area (Å²) in [7, 11) is 1.81. The summed E-state index contributed by atoms with van der Waals surface area (Å²) < 4.78 is 6.08. The Labute approximate surface area is 130 Å². The highest BCUT2D eigenvalue weighted by Crippen LogP contribution is 2.42. The number of nitrogen functional groups attached to an aromatic ring is 1. The molecule has 6 nitrogen and oxygen atoms in total. The van der Waals surface area contributed by atoms with Crippen LogP contribution in [-0.2, 0) is 6.42 Å². The summed E-state index contributed by atoms with van der Waals surface area (Å²) in [6.07, 6.45) is 3.03. The second-order valence-electron chi connectivity index (χ2n) is 5.62. The molecule has 2 aromatic heterocycles. The van der Waals surface area contributed by atoms with Gasteiger partial charge in [-0.15, -0.1) is 12.4 Å². The summed E-state index contributed by atoms with van der Waals surface area (Å²) in [5, 5.41) is 3.03. The molecule has 0 bridgehead atoms. The maximum atomic E-state index is 6.08. The number of anilines is 2. The second kappa shape index (κ2) is 6.07. The van der Waals surface area contributed by atoms with Gasteiger partial charge in [0.15, 0.2) is 11.4 Å². The van der Waals surface area contributed by atoms with Crippen molar-refractivity contribution in [3.05, 3.63) is 11.3 Å². The lowest BCUT2D eigenvalue weighted by Gasteiger charge is -2.25. The minimum Gasteiger partial charge on any atom is -0.455 e. The first-order valence-electron chi connectivity index (χ1n) is 7.10. The number of hydrogen-bond acceptors (Lipinski definition) is 6. The van der Waals surface area contributed by atoms with Crippen LogP contribution in [0.4, 0.5) is 11.8 Å². The van der Waals surface area contributed by atoms with E-state index in [9.17, 15) is 0 Å². The fraction of sp³-hybridized carbons (Fsp3) is 0.571. The smallest absolute Gasteiger partial charge is 0.222 e. The van der Waals surface area contributed by atoms with Gasteiger partial charge in [0.2, 0.25) is 5.95 Å². The number of nitrogens with two attached hydrogens (primary N) is 2. The van der Waals surface area contributed by atoms with Crippen LogP contribution < -0.4 is 16.8 Å². The third-order valence-corrected chi connectivity index (χ3v) is 4.04. The van der Waals surface area contributed by atoms with Gasteiger partial charge in [-0.3, -0.25) is 0 Å². The molecule has 0 aliphatic heterocycles. The topological polar surface area (TPSA) is 103 Å². The Morgan fingerprint density at radius 2 is 2.14 bits per heavy atom. The van der Waals surface area contributed by atoms with Gasteiger partial charge in [-0.05, 0) is 31.7 Å². The molecule has 2 atom stereocenters. The summed E-state index contributed by atoms with van der Waals surface area (Å²) in [4.78, 5) is 8.58. The predicted octanol–water partition coefficient (Wildman–Crippen LogP) is 2.28. The van der Waals surface area contributed by atoms with Crippen molar-refractivity contribution in [2.75, 3.05) is 24.6 Å². The zero-order valence-corrected chi connectivity index (χ0v) is 13.2. The first-order valence-corrected chi connectivity index (χ1v) is 7.10. The summed E-state index contributed by atoms with van der Waals surface area (Å²) in [6, 6.07) is 0. The average molecular weight is 312 g/mol. The third kappa shape index (κ3) is 2.65. The standard InChI is InChI=1S/C14H21N5O.ClH/c1-7-5-8(3-4-15)11-9(6-7)10-12(20-11)13(17-2)19-14(16)18-10;/h7-8H,3-6,15H2,1-2H3,(H3,16,17,18,19);1H. The van der Waals surface area contributed by atoms with E-state index in [2.05, 4.69) is 22.2 Å². The maximum absolute atomic E-state index is 6.08. The molecule has 1 aliphatic carbocycles. The highest BCUT2D eigenvalue weighted by atomic mass is 35.5. The first-order chi connectivity index (χ1) is 9.63. The molecule has 0 saturated carbocycles. The van der Waals surface area contributed by atoms with Crippen LogP contribution in [-0.4, -0.2) is 23.6 Å². The molecule has 0 spiro atoms. The van der Waals surface area contributed by atoms with Gasteiger partial charge in [0.1, 0.15) is 11.3 Å². The third-order valence-electron chi connectivity index (χ3n) is 4.04. The molecule has 116 valence electrons. The van der Waals surface area contributed by atoms with Gasteiger partial charge in [-0.2, -0.15) is 4.98 Å². The molecule has 0 saturated heterocycles. The SMILES string of the molecule is CNc1nc(N)nc2c3c(oc12)C(CCN)CC(C)C3.Cl. The lowest BCUT2D eigenvalue weighted by Crippen LogP contribution is -2.18. The van der Waals surface area contributed by atoms with Crippen molar-refractivity contribution in [3.8, 4) is 0 Å². The normalized spacial score (nSPS) is 20.9. The van der Waals surface area contributed by atoms with Gasteiger partial charge in [0.25, 0.3) is 0 Å². The Morgan fingerprint density at radius 1 is 1.38 bits per heavy atom. The van der Waals surface area contributed by atoms with Crippen molar-refractivity contribution in [2.45, 2.75) is 32.1 Å². The number of furan rings is 1.